The minimum atomic E-state index is 0.214. The number of rotatable bonds is 3. The second-order valence-electron chi connectivity index (χ2n) is 5.18. The second-order valence-corrected chi connectivity index (χ2v) is 5.59. The van der Waals surface area contributed by atoms with Gasteiger partial charge in [0.2, 0.25) is 0 Å². The summed E-state index contributed by atoms with van der Waals surface area (Å²) in [5.74, 6) is 0. The largest absolute Gasteiger partial charge is 0.372 e. The summed E-state index contributed by atoms with van der Waals surface area (Å²) >= 11 is 6.29. The van der Waals surface area contributed by atoms with Crippen molar-refractivity contribution in [2.45, 2.75) is 31.1 Å². The normalized spacial score (nSPS) is 29.4. The number of halogens is 1. The molecule has 2 saturated heterocycles. The van der Waals surface area contributed by atoms with E-state index in [-0.39, 0.29) is 6.04 Å². The van der Waals surface area contributed by atoms with E-state index in [1.165, 1.54) is 12.8 Å². The molecular weight excluding hydrogens is 248 g/mol. The van der Waals surface area contributed by atoms with Crippen molar-refractivity contribution >= 4 is 11.6 Å². The van der Waals surface area contributed by atoms with E-state index in [4.69, 9.17) is 22.1 Å². The average molecular weight is 267 g/mol. The molecule has 2 aliphatic rings. The molecule has 0 amide bonds. The zero-order valence-electron chi connectivity index (χ0n) is 10.4. The molecule has 2 aliphatic heterocycles. The van der Waals surface area contributed by atoms with Crippen LogP contribution in [0.5, 0.6) is 0 Å². The number of nitrogens with zero attached hydrogens (tertiary/aromatic N) is 1. The summed E-state index contributed by atoms with van der Waals surface area (Å²) in [6.45, 7) is 2.55. The minimum absolute atomic E-state index is 0.214. The van der Waals surface area contributed by atoms with Crippen LogP contribution >= 0.6 is 11.6 Å². The first-order valence-electron chi connectivity index (χ1n) is 6.62. The fraction of sp³-hybridized carbons (Fsp3) is 0.571. The first kappa shape index (κ1) is 12.4. The van der Waals surface area contributed by atoms with Gasteiger partial charge in [-0.2, -0.15) is 0 Å². The first-order valence-corrected chi connectivity index (χ1v) is 6.99. The van der Waals surface area contributed by atoms with E-state index in [0.717, 1.165) is 23.7 Å². The number of morpholine rings is 1. The van der Waals surface area contributed by atoms with Crippen molar-refractivity contribution < 1.29 is 4.74 Å². The van der Waals surface area contributed by atoms with Crippen molar-refractivity contribution in [3.63, 3.8) is 0 Å². The van der Waals surface area contributed by atoms with Gasteiger partial charge >= 0.3 is 0 Å². The number of fused-ring (bicyclic) bond motifs is 2. The van der Waals surface area contributed by atoms with Crippen LogP contribution in [0.3, 0.4) is 0 Å². The average Bonchev–Trinajstić information content (AvgIpc) is 2.72. The van der Waals surface area contributed by atoms with Crippen molar-refractivity contribution in [1.82, 2.24) is 4.90 Å². The molecule has 0 spiro atoms. The molecule has 2 heterocycles. The highest BCUT2D eigenvalue weighted by Crippen LogP contribution is 2.33. The van der Waals surface area contributed by atoms with Crippen molar-refractivity contribution in [1.29, 1.82) is 0 Å². The highest BCUT2D eigenvalue weighted by atomic mass is 35.5. The number of benzene rings is 1. The van der Waals surface area contributed by atoms with Crippen LogP contribution in [0.1, 0.15) is 24.4 Å². The highest BCUT2D eigenvalue weighted by Gasteiger charge is 2.36. The minimum Gasteiger partial charge on any atom is -0.372 e. The molecule has 3 rings (SSSR count). The maximum absolute atomic E-state index is 6.29. The van der Waals surface area contributed by atoms with Crippen LogP contribution in [-0.4, -0.2) is 36.7 Å². The van der Waals surface area contributed by atoms with Gasteiger partial charge in [0.25, 0.3) is 0 Å². The third kappa shape index (κ3) is 2.28. The van der Waals surface area contributed by atoms with E-state index in [2.05, 4.69) is 11.0 Å². The van der Waals surface area contributed by atoms with E-state index in [1.54, 1.807) is 0 Å². The van der Waals surface area contributed by atoms with Gasteiger partial charge in [-0.05, 0) is 24.5 Å². The lowest BCUT2D eigenvalue weighted by molar-refractivity contribution is -0.0520. The molecule has 0 aromatic heterocycles. The fourth-order valence-electron chi connectivity index (χ4n) is 3.12. The summed E-state index contributed by atoms with van der Waals surface area (Å²) in [5.41, 5.74) is 7.12. The van der Waals surface area contributed by atoms with Gasteiger partial charge in [-0.3, -0.25) is 4.90 Å². The van der Waals surface area contributed by atoms with Crippen LogP contribution in [0.4, 0.5) is 0 Å². The molecule has 4 heteroatoms. The Morgan fingerprint density at radius 3 is 2.56 bits per heavy atom. The number of nitrogens with two attached hydrogens (primary N) is 1. The van der Waals surface area contributed by atoms with Gasteiger partial charge in [0.05, 0.1) is 12.2 Å². The number of likely N-dealkylation sites (tertiary alicyclic amines) is 1. The molecule has 0 saturated carbocycles. The maximum Gasteiger partial charge on any atom is 0.0707 e. The van der Waals surface area contributed by atoms with E-state index in [1.807, 2.05) is 18.2 Å². The molecular formula is C14H19ClN2O. The summed E-state index contributed by atoms with van der Waals surface area (Å²) < 4.78 is 5.87. The zero-order valence-corrected chi connectivity index (χ0v) is 11.1. The molecule has 3 unspecified atom stereocenters. The molecule has 3 atom stereocenters. The molecule has 18 heavy (non-hydrogen) atoms. The lowest BCUT2D eigenvalue weighted by Gasteiger charge is -2.38. The zero-order chi connectivity index (χ0) is 12.5. The molecule has 98 valence electrons. The number of hydrogen-bond donors (Lipinski definition) is 1. The van der Waals surface area contributed by atoms with Crippen LogP contribution < -0.4 is 5.73 Å². The Labute approximate surface area is 113 Å². The predicted molar refractivity (Wildman–Crippen MR) is 72.7 cm³/mol. The van der Waals surface area contributed by atoms with Gasteiger partial charge in [0, 0.05) is 30.7 Å². The topological polar surface area (TPSA) is 38.5 Å². The summed E-state index contributed by atoms with van der Waals surface area (Å²) in [6.07, 6.45) is 3.14. The Morgan fingerprint density at radius 1 is 1.28 bits per heavy atom. The highest BCUT2D eigenvalue weighted by molar-refractivity contribution is 6.31. The molecule has 0 radical (unpaired) electrons. The van der Waals surface area contributed by atoms with Crippen molar-refractivity contribution in [2.24, 2.45) is 5.73 Å². The van der Waals surface area contributed by atoms with Gasteiger partial charge in [-0.25, -0.2) is 0 Å². The summed E-state index contributed by atoms with van der Waals surface area (Å²) in [5, 5.41) is 0.812. The predicted octanol–water partition coefficient (Wildman–Crippen LogP) is 2.20. The van der Waals surface area contributed by atoms with E-state index < -0.39 is 0 Å². The quantitative estimate of drug-likeness (QED) is 0.912. The van der Waals surface area contributed by atoms with Crippen LogP contribution in [0.2, 0.25) is 5.02 Å². The standard InChI is InChI=1S/C14H19ClN2O/c15-13-4-2-1-3-12(13)14(7-16)17-8-10-5-6-11(9-17)18-10/h1-4,10-11,14H,5-9,16H2. The Kier molecular flexibility index (Phi) is 3.57. The molecule has 2 bridgehead atoms. The van der Waals surface area contributed by atoms with Crippen LogP contribution in [0, 0.1) is 0 Å². The van der Waals surface area contributed by atoms with Gasteiger partial charge in [-0.1, -0.05) is 29.8 Å². The van der Waals surface area contributed by atoms with Crippen molar-refractivity contribution in [3.05, 3.63) is 34.9 Å². The van der Waals surface area contributed by atoms with Crippen LogP contribution in [0.25, 0.3) is 0 Å². The van der Waals surface area contributed by atoms with E-state index in [0.29, 0.717) is 18.8 Å². The molecule has 2 N–H and O–H groups in total. The Hall–Kier alpha value is -0.610. The van der Waals surface area contributed by atoms with Gasteiger partial charge in [-0.15, -0.1) is 0 Å². The Balaban J connectivity index is 1.82. The fourth-order valence-corrected chi connectivity index (χ4v) is 3.38. The lowest BCUT2D eigenvalue weighted by atomic mass is 10.0. The smallest absolute Gasteiger partial charge is 0.0707 e. The number of ether oxygens (including phenoxy) is 1. The first-order chi connectivity index (χ1) is 8.78. The maximum atomic E-state index is 6.29. The third-order valence-corrected chi connectivity index (χ3v) is 4.34. The van der Waals surface area contributed by atoms with E-state index in [9.17, 15) is 0 Å². The molecule has 3 nitrogen and oxygen atoms in total. The molecule has 1 aromatic rings. The monoisotopic (exact) mass is 266 g/mol. The van der Waals surface area contributed by atoms with Crippen LogP contribution in [-0.2, 0) is 4.74 Å². The Bertz CT molecular complexity index is 414. The summed E-state index contributed by atoms with van der Waals surface area (Å²) in [6, 6.07) is 8.22. The van der Waals surface area contributed by atoms with E-state index >= 15 is 0 Å². The second kappa shape index (κ2) is 5.17. The van der Waals surface area contributed by atoms with Gasteiger partial charge < -0.3 is 10.5 Å². The molecule has 0 aliphatic carbocycles. The molecule has 2 fully saturated rings. The molecule has 1 aromatic carbocycles. The third-order valence-electron chi connectivity index (χ3n) is 4.00. The Morgan fingerprint density at radius 2 is 1.94 bits per heavy atom. The van der Waals surface area contributed by atoms with Crippen molar-refractivity contribution in [2.75, 3.05) is 19.6 Å². The van der Waals surface area contributed by atoms with Crippen LogP contribution in [0.15, 0.2) is 24.3 Å². The lowest BCUT2D eigenvalue weighted by Crippen LogP contribution is -2.46. The van der Waals surface area contributed by atoms with Gasteiger partial charge in [0.15, 0.2) is 0 Å². The number of hydrogen-bond acceptors (Lipinski definition) is 3. The summed E-state index contributed by atoms with van der Waals surface area (Å²) in [7, 11) is 0. The summed E-state index contributed by atoms with van der Waals surface area (Å²) in [4.78, 5) is 2.44. The van der Waals surface area contributed by atoms with Gasteiger partial charge in [0.1, 0.15) is 0 Å². The van der Waals surface area contributed by atoms with Crippen molar-refractivity contribution in [3.8, 4) is 0 Å². The SMILES string of the molecule is NCC(c1ccccc1Cl)N1CC2CCC(C1)O2.